The summed E-state index contributed by atoms with van der Waals surface area (Å²) in [6.07, 6.45) is 0. The first-order valence-electron chi connectivity index (χ1n) is 5.90. The van der Waals surface area contributed by atoms with E-state index >= 15 is 0 Å². The molecule has 0 amide bonds. The first-order valence-corrected chi connectivity index (χ1v) is 5.90. The van der Waals surface area contributed by atoms with E-state index in [1.165, 1.54) is 12.1 Å². The summed E-state index contributed by atoms with van der Waals surface area (Å²) < 4.78 is 13.5. The quantitative estimate of drug-likeness (QED) is 0.643. The number of hydrogen-bond acceptors (Lipinski definition) is 2. The van der Waals surface area contributed by atoms with E-state index in [1.54, 1.807) is 0 Å². The van der Waals surface area contributed by atoms with Crippen molar-refractivity contribution < 1.29 is 4.39 Å². The fourth-order valence-electron chi connectivity index (χ4n) is 2.17. The number of halogens is 1. The molecule has 3 heteroatoms. The highest BCUT2D eigenvalue weighted by molar-refractivity contribution is 5.35. The Morgan fingerprint density at radius 2 is 1.72 bits per heavy atom. The van der Waals surface area contributed by atoms with Crippen LogP contribution in [-0.2, 0) is 0 Å². The van der Waals surface area contributed by atoms with Crippen LogP contribution in [0, 0.1) is 19.7 Å². The maximum Gasteiger partial charge on any atom is 0.123 e. The van der Waals surface area contributed by atoms with Gasteiger partial charge < -0.3 is 0 Å². The van der Waals surface area contributed by atoms with Crippen LogP contribution in [-0.4, -0.2) is 0 Å². The molecule has 0 saturated carbocycles. The van der Waals surface area contributed by atoms with E-state index in [4.69, 9.17) is 5.84 Å². The average Bonchev–Trinajstić information content (AvgIpc) is 2.28. The van der Waals surface area contributed by atoms with Gasteiger partial charge in [0.05, 0.1) is 6.04 Å². The normalized spacial score (nSPS) is 12.4. The number of aryl methyl sites for hydroxylation is 2. The fourth-order valence-corrected chi connectivity index (χ4v) is 2.17. The molecule has 94 valence electrons. The molecule has 2 nitrogen and oxygen atoms in total. The summed E-state index contributed by atoms with van der Waals surface area (Å²) in [7, 11) is 0. The van der Waals surface area contributed by atoms with Crippen molar-refractivity contribution in [3.8, 4) is 0 Å². The summed E-state index contributed by atoms with van der Waals surface area (Å²) in [6, 6.07) is 12.8. The molecule has 1 unspecified atom stereocenters. The predicted octanol–water partition coefficient (Wildman–Crippen LogP) is 3.00. The Labute approximate surface area is 107 Å². The van der Waals surface area contributed by atoms with Gasteiger partial charge in [0.15, 0.2) is 0 Å². The average molecular weight is 244 g/mol. The lowest BCUT2D eigenvalue weighted by Gasteiger charge is -2.18. The van der Waals surface area contributed by atoms with Crippen LogP contribution in [0.4, 0.5) is 4.39 Å². The lowest BCUT2D eigenvalue weighted by molar-refractivity contribution is 0.604. The van der Waals surface area contributed by atoms with Gasteiger partial charge in [0.2, 0.25) is 0 Å². The molecule has 0 aromatic heterocycles. The van der Waals surface area contributed by atoms with Crippen molar-refractivity contribution in [3.05, 3.63) is 70.5 Å². The monoisotopic (exact) mass is 244 g/mol. The Kier molecular flexibility index (Phi) is 3.75. The van der Waals surface area contributed by atoms with E-state index in [-0.39, 0.29) is 11.9 Å². The topological polar surface area (TPSA) is 38.0 Å². The van der Waals surface area contributed by atoms with E-state index in [9.17, 15) is 4.39 Å². The first kappa shape index (κ1) is 12.7. The zero-order chi connectivity index (χ0) is 13.1. The van der Waals surface area contributed by atoms with Gasteiger partial charge in [-0.2, -0.15) is 0 Å². The van der Waals surface area contributed by atoms with Gasteiger partial charge in [0, 0.05) is 0 Å². The summed E-state index contributed by atoms with van der Waals surface area (Å²) >= 11 is 0. The van der Waals surface area contributed by atoms with Gasteiger partial charge in [-0.05, 0) is 42.7 Å². The van der Waals surface area contributed by atoms with Crippen molar-refractivity contribution in [1.29, 1.82) is 0 Å². The maximum atomic E-state index is 13.5. The van der Waals surface area contributed by atoms with Crippen molar-refractivity contribution in [3.63, 3.8) is 0 Å². The number of hydrogen-bond donors (Lipinski definition) is 2. The standard InChI is InChI=1S/C15H17FN2/c1-10-4-3-5-12(6-10)15(18-17)13-7-11(2)8-14(16)9-13/h3-9,15,18H,17H2,1-2H3. The predicted molar refractivity (Wildman–Crippen MR) is 71.5 cm³/mol. The van der Waals surface area contributed by atoms with Crippen LogP contribution in [0.5, 0.6) is 0 Å². The number of rotatable bonds is 3. The largest absolute Gasteiger partial charge is 0.271 e. The van der Waals surface area contributed by atoms with E-state index in [0.29, 0.717) is 0 Å². The zero-order valence-corrected chi connectivity index (χ0v) is 10.6. The van der Waals surface area contributed by atoms with E-state index in [0.717, 1.165) is 22.3 Å². The molecule has 0 fully saturated rings. The molecule has 0 radical (unpaired) electrons. The summed E-state index contributed by atoms with van der Waals surface area (Å²) in [5, 5.41) is 0. The highest BCUT2D eigenvalue weighted by Crippen LogP contribution is 2.23. The molecule has 0 aliphatic carbocycles. The third-order valence-corrected chi connectivity index (χ3v) is 2.94. The van der Waals surface area contributed by atoms with Gasteiger partial charge in [0.25, 0.3) is 0 Å². The van der Waals surface area contributed by atoms with Crippen LogP contribution in [0.2, 0.25) is 0 Å². The fraction of sp³-hybridized carbons (Fsp3) is 0.200. The Balaban J connectivity index is 2.45. The Morgan fingerprint density at radius 3 is 2.33 bits per heavy atom. The molecule has 0 saturated heterocycles. The summed E-state index contributed by atoms with van der Waals surface area (Å²) in [4.78, 5) is 0. The van der Waals surface area contributed by atoms with Crippen LogP contribution in [0.15, 0.2) is 42.5 Å². The molecule has 2 aromatic rings. The number of nitrogens with two attached hydrogens (primary N) is 1. The van der Waals surface area contributed by atoms with Crippen molar-refractivity contribution in [1.82, 2.24) is 5.43 Å². The molecule has 2 aromatic carbocycles. The molecular weight excluding hydrogens is 227 g/mol. The van der Waals surface area contributed by atoms with Gasteiger partial charge in [-0.1, -0.05) is 35.9 Å². The minimum absolute atomic E-state index is 0.195. The number of hydrazine groups is 1. The number of nitrogens with one attached hydrogen (secondary N) is 1. The molecule has 1 atom stereocenters. The van der Waals surface area contributed by atoms with Gasteiger partial charge in [-0.3, -0.25) is 5.84 Å². The smallest absolute Gasteiger partial charge is 0.123 e. The Morgan fingerprint density at radius 1 is 1.00 bits per heavy atom. The lowest BCUT2D eigenvalue weighted by atomic mass is 9.96. The van der Waals surface area contributed by atoms with Crippen LogP contribution in [0.25, 0.3) is 0 Å². The second-order valence-corrected chi connectivity index (χ2v) is 4.58. The maximum absolute atomic E-state index is 13.5. The summed E-state index contributed by atoms with van der Waals surface area (Å²) in [5.74, 6) is 5.38. The molecule has 2 rings (SSSR count). The van der Waals surface area contributed by atoms with Gasteiger partial charge in [-0.25, -0.2) is 9.82 Å². The Bertz CT molecular complexity index is 532. The molecule has 0 heterocycles. The number of benzene rings is 2. The molecule has 18 heavy (non-hydrogen) atoms. The summed E-state index contributed by atoms with van der Waals surface area (Å²) in [6.45, 7) is 3.89. The minimum atomic E-state index is -0.238. The van der Waals surface area contributed by atoms with Crippen LogP contribution < -0.4 is 11.3 Å². The SMILES string of the molecule is Cc1cccc(C(NN)c2cc(C)cc(F)c2)c1. The van der Waals surface area contributed by atoms with E-state index in [2.05, 4.69) is 5.43 Å². The molecule has 0 aliphatic rings. The Hall–Kier alpha value is -1.71. The molecule has 0 aliphatic heterocycles. The van der Waals surface area contributed by atoms with Crippen molar-refractivity contribution in [2.75, 3.05) is 0 Å². The third kappa shape index (κ3) is 2.75. The van der Waals surface area contributed by atoms with E-state index < -0.39 is 0 Å². The molecular formula is C15H17FN2. The lowest BCUT2D eigenvalue weighted by Crippen LogP contribution is -2.29. The minimum Gasteiger partial charge on any atom is -0.271 e. The zero-order valence-electron chi connectivity index (χ0n) is 10.6. The van der Waals surface area contributed by atoms with Crippen LogP contribution >= 0.6 is 0 Å². The molecule has 0 spiro atoms. The third-order valence-electron chi connectivity index (χ3n) is 2.94. The van der Waals surface area contributed by atoms with Gasteiger partial charge in [0.1, 0.15) is 5.82 Å². The van der Waals surface area contributed by atoms with Crippen molar-refractivity contribution >= 4 is 0 Å². The van der Waals surface area contributed by atoms with Crippen molar-refractivity contribution in [2.24, 2.45) is 5.84 Å². The van der Waals surface area contributed by atoms with Crippen molar-refractivity contribution in [2.45, 2.75) is 19.9 Å². The van der Waals surface area contributed by atoms with Gasteiger partial charge in [-0.15, -0.1) is 0 Å². The second kappa shape index (κ2) is 5.29. The van der Waals surface area contributed by atoms with Crippen LogP contribution in [0.1, 0.15) is 28.3 Å². The van der Waals surface area contributed by atoms with Gasteiger partial charge >= 0.3 is 0 Å². The summed E-state index contributed by atoms with van der Waals surface area (Å²) in [5.41, 5.74) is 6.65. The van der Waals surface area contributed by atoms with E-state index in [1.807, 2.05) is 44.2 Å². The highest BCUT2D eigenvalue weighted by atomic mass is 19.1. The first-order chi connectivity index (χ1) is 8.60. The second-order valence-electron chi connectivity index (χ2n) is 4.58. The molecule has 3 N–H and O–H groups in total. The molecule has 0 bridgehead atoms. The highest BCUT2D eigenvalue weighted by Gasteiger charge is 2.13. The van der Waals surface area contributed by atoms with Crippen LogP contribution in [0.3, 0.4) is 0 Å².